The highest BCUT2D eigenvalue weighted by molar-refractivity contribution is 5.73. The fourth-order valence-corrected chi connectivity index (χ4v) is 8.02. The molecule has 0 N–H and O–H groups in total. The van der Waals surface area contributed by atoms with Crippen LogP contribution >= 0.6 is 0 Å². The molecule has 0 fully saturated rings. The van der Waals surface area contributed by atoms with Gasteiger partial charge in [-0.25, -0.2) is 0 Å². The second kappa shape index (κ2) is 27.4. The zero-order chi connectivity index (χ0) is 51.3. The highest BCUT2D eigenvalue weighted by Crippen LogP contribution is 2.35. The van der Waals surface area contributed by atoms with E-state index in [9.17, 15) is 0 Å². The average molecular weight is 927 g/mol. The number of rotatable bonds is 21. The van der Waals surface area contributed by atoms with Gasteiger partial charge in [0.15, 0.2) is 0 Å². The molecule has 4 nitrogen and oxygen atoms in total. The van der Waals surface area contributed by atoms with Crippen LogP contribution in [0.25, 0.3) is 0 Å². The Labute approximate surface area is 423 Å². The summed E-state index contributed by atoms with van der Waals surface area (Å²) in [4.78, 5) is 9.19. The van der Waals surface area contributed by atoms with Gasteiger partial charge in [-0.15, -0.1) is 0 Å². The van der Waals surface area contributed by atoms with Crippen molar-refractivity contribution in [3.8, 4) is 0 Å². The number of hydrogen-bond donors (Lipinski definition) is 0. The fraction of sp³-hybridized carbons (Fsp3) is 0.212. The minimum absolute atomic E-state index is 0.813. The lowest BCUT2D eigenvalue weighted by Crippen LogP contribution is -2.20. The molecule has 0 aliphatic rings. The number of hydrogen-bond acceptors (Lipinski definition) is 4. The number of para-hydroxylation sites is 1. The van der Waals surface area contributed by atoms with Gasteiger partial charge in [0.25, 0.3) is 0 Å². The van der Waals surface area contributed by atoms with Crippen molar-refractivity contribution in [3.05, 3.63) is 281 Å². The Kier molecular flexibility index (Phi) is 21.6. The van der Waals surface area contributed by atoms with Crippen molar-refractivity contribution in [1.82, 2.24) is 0 Å². The molecule has 4 heteroatoms. The molecule has 0 amide bonds. The van der Waals surface area contributed by atoms with Gasteiger partial charge in [-0.2, -0.15) is 0 Å². The molecule has 4 aromatic rings. The van der Waals surface area contributed by atoms with Crippen LogP contribution < -0.4 is 19.6 Å². The summed E-state index contributed by atoms with van der Waals surface area (Å²) in [6.45, 7) is 38.6. The third-order valence-electron chi connectivity index (χ3n) is 11.7. The number of allylic oxidation sites excluding steroid dienone is 23. The van der Waals surface area contributed by atoms with E-state index in [4.69, 9.17) is 0 Å². The smallest absolute Gasteiger partial charge is 0.0460 e. The van der Waals surface area contributed by atoms with E-state index in [1.807, 2.05) is 6.92 Å². The SMILES string of the molecule is C=C(/C=C\C(=C/C)N(/C(C)=C/C=C(\C)N(/C(C=C(C)C)=C/C)c1cccc(C)c1)c1ccccc1)C(=C)/C=C\C(=C/C)N(/C(C)=C/C=C\C)c1ccc(N(/C(C)=C/C(C)=C\C)c2cccc(C)c2)cc1. The standard InChI is InChI=1S/C66H78N4/c1-17-22-30-55(13)67(63-41-43-64(44-42-63)70(58(16)46-50(8)18-2)66-34-27-29-52(10)48-66)59(19-3)39-35-53(11)54(12)36-40-60(20-4)68(62-31-24-23-25-32-62)56(14)37-38-57(15)69(61(21-5)45-49(6)7)65-33-26-28-51(9)47-65/h17-48H,11-12H2,1-10,13-16H3/b22-17-,39-35-,40-36-,50-18-,55-30+,56-37+,57-38+,58-46+,59-19+,60-20+,61-21+. The summed E-state index contributed by atoms with van der Waals surface area (Å²) in [5, 5.41) is 0. The highest BCUT2D eigenvalue weighted by atomic mass is 15.2. The van der Waals surface area contributed by atoms with Crippen molar-refractivity contribution in [2.45, 2.75) is 96.9 Å². The molecule has 0 radical (unpaired) electrons. The van der Waals surface area contributed by atoms with E-state index < -0.39 is 0 Å². The summed E-state index contributed by atoms with van der Waals surface area (Å²) in [5.41, 5.74) is 19.5. The van der Waals surface area contributed by atoms with Crippen molar-refractivity contribution in [1.29, 1.82) is 0 Å². The lowest BCUT2D eigenvalue weighted by molar-refractivity contribution is 1.07. The first kappa shape index (κ1) is 55.0. The Morgan fingerprint density at radius 3 is 1.33 bits per heavy atom. The van der Waals surface area contributed by atoms with Crippen molar-refractivity contribution in [2.75, 3.05) is 19.6 Å². The predicted molar refractivity (Wildman–Crippen MR) is 311 cm³/mol. The molecule has 0 spiro atoms. The van der Waals surface area contributed by atoms with Gasteiger partial charge in [-0.05, 0) is 222 Å². The molecule has 0 saturated heterocycles. The van der Waals surface area contributed by atoms with Crippen molar-refractivity contribution >= 4 is 28.4 Å². The molecule has 0 bridgehead atoms. The zero-order valence-corrected chi connectivity index (χ0v) is 44.7. The highest BCUT2D eigenvalue weighted by Gasteiger charge is 2.18. The third-order valence-corrected chi connectivity index (χ3v) is 11.7. The summed E-state index contributed by atoms with van der Waals surface area (Å²) in [6.07, 6.45) is 32.1. The third kappa shape index (κ3) is 15.5. The lowest BCUT2D eigenvalue weighted by atomic mass is 10.1. The lowest BCUT2D eigenvalue weighted by Gasteiger charge is -2.29. The molecule has 4 rings (SSSR count). The number of nitrogens with zero attached hydrogens (tertiary/aromatic N) is 4. The second-order valence-electron chi connectivity index (χ2n) is 17.7. The maximum atomic E-state index is 4.48. The molecule has 0 saturated carbocycles. The van der Waals surface area contributed by atoms with Crippen molar-refractivity contribution < 1.29 is 0 Å². The first-order valence-electron chi connectivity index (χ1n) is 24.4. The molecule has 0 aliphatic carbocycles. The normalized spacial score (nSPS) is 13.6. The van der Waals surface area contributed by atoms with Gasteiger partial charge >= 0.3 is 0 Å². The van der Waals surface area contributed by atoms with Crippen LogP contribution in [0.3, 0.4) is 0 Å². The molecule has 362 valence electrons. The summed E-state index contributed by atoms with van der Waals surface area (Å²) in [5.74, 6) is 0. The van der Waals surface area contributed by atoms with Crippen LogP contribution in [-0.4, -0.2) is 0 Å². The van der Waals surface area contributed by atoms with Gasteiger partial charge < -0.3 is 19.6 Å². The molecule has 0 heterocycles. The van der Waals surface area contributed by atoms with Crippen LogP contribution in [-0.2, 0) is 0 Å². The topological polar surface area (TPSA) is 13.0 Å². The molecule has 0 unspecified atom stereocenters. The average Bonchev–Trinajstić information content (AvgIpc) is 3.35. The Bertz CT molecular complexity index is 2820. The minimum Gasteiger partial charge on any atom is -0.315 e. The summed E-state index contributed by atoms with van der Waals surface area (Å²) in [7, 11) is 0. The van der Waals surface area contributed by atoms with Crippen molar-refractivity contribution in [2.24, 2.45) is 0 Å². The van der Waals surface area contributed by atoms with Crippen LogP contribution in [0.1, 0.15) is 94.2 Å². The van der Waals surface area contributed by atoms with E-state index in [1.165, 1.54) is 22.3 Å². The molecule has 4 aromatic carbocycles. The molecule has 0 atom stereocenters. The van der Waals surface area contributed by atoms with E-state index in [0.29, 0.717) is 0 Å². The van der Waals surface area contributed by atoms with E-state index in [0.717, 1.165) is 79.5 Å². The van der Waals surface area contributed by atoms with Crippen molar-refractivity contribution in [3.63, 3.8) is 0 Å². The molecule has 70 heavy (non-hydrogen) atoms. The zero-order valence-electron chi connectivity index (χ0n) is 44.7. The quantitative estimate of drug-likeness (QED) is 0.0772. The Hall–Kier alpha value is -7.56. The van der Waals surface area contributed by atoms with Crippen LogP contribution in [0, 0.1) is 13.8 Å². The maximum absolute atomic E-state index is 4.48. The van der Waals surface area contributed by atoms with Crippen LogP contribution in [0.15, 0.2) is 270 Å². The minimum atomic E-state index is 0.813. The van der Waals surface area contributed by atoms with Crippen LogP contribution in [0.4, 0.5) is 28.4 Å². The van der Waals surface area contributed by atoms with E-state index in [-0.39, 0.29) is 0 Å². The predicted octanol–water partition coefficient (Wildman–Crippen LogP) is 19.3. The monoisotopic (exact) mass is 927 g/mol. The van der Waals surface area contributed by atoms with Gasteiger partial charge in [-0.3, -0.25) is 0 Å². The van der Waals surface area contributed by atoms with Gasteiger partial charge in [0.1, 0.15) is 0 Å². The summed E-state index contributed by atoms with van der Waals surface area (Å²) < 4.78 is 0. The van der Waals surface area contributed by atoms with E-state index in [2.05, 4.69) is 317 Å². The van der Waals surface area contributed by atoms with E-state index >= 15 is 0 Å². The van der Waals surface area contributed by atoms with E-state index in [1.54, 1.807) is 0 Å². The van der Waals surface area contributed by atoms with Gasteiger partial charge in [0.2, 0.25) is 0 Å². The summed E-state index contributed by atoms with van der Waals surface area (Å²) in [6, 6.07) is 36.6. The number of benzene rings is 4. The number of aryl methyl sites for hydroxylation is 2. The Balaban J connectivity index is 1.67. The first-order chi connectivity index (χ1) is 33.6. The Morgan fingerprint density at radius 1 is 0.414 bits per heavy atom. The van der Waals surface area contributed by atoms with Crippen LogP contribution in [0.2, 0.25) is 0 Å². The first-order valence-corrected chi connectivity index (χ1v) is 24.4. The van der Waals surface area contributed by atoms with Gasteiger partial charge in [-0.1, -0.05) is 115 Å². The Morgan fingerprint density at radius 2 is 0.857 bits per heavy atom. The fourth-order valence-electron chi connectivity index (χ4n) is 8.02. The second-order valence-corrected chi connectivity index (χ2v) is 17.7. The molecular formula is C66H78N4. The molecular weight excluding hydrogens is 849 g/mol. The summed E-state index contributed by atoms with van der Waals surface area (Å²) >= 11 is 0. The molecule has 0 aliphatic heterocycles. The van der Waals surface area contributed by atoms with Crippen LogP contribution in [0.5, 0.6) is 0 Å². The van der Waals surface area contributed by atoms with Gasteiger partial charge in [0, 0.05) is 68.3 Å². The number of anilines is 5. The largest absolute Gasteiger partial charge is 0.315 e. The maximum Gasteiger partial charge on any atom is 0.0460 e. The molecule has 0 aromatic heterocycles. The van der Waals surface area contributed by atoms with Gasteiger partial charge in [0.05, 0.1) is 0 Å².